The van der Waals surface area contributed by atoms with E-state index in [1.165, 1.54) is 31.2 Å². The van der Waals surface area contributed by atoms with Gasteiger partial charge in [0.05, 0.1) is 0 Å². The molecule has 1 saturated carbocycles. The Bertz CT molecular complexity index is 306. The molecule has 0 aliphatic heterocycles. The number of rotatable bonds is 4. The Balaban J connectivity index is 1.86. The Morgan fingerprint density at radius 3 is 2.62 bits per heavy atom. The van der Waals surface area contributed by atoms with Crippen molar-refractivity contribution in [1.29, 1.82) is 0 Å². The van der Waals surface area contributed by atoms with E-state index in [1.54, 1.807) is 0 Å². The molecule has 16 heavy (non-hydrogen) atoms. The van der Waals surface area contributed by atoms with Crippen LogP contribution in [0.15, 0.2) is 30.3 Å². The summed E-state index contributed by atoms with van der Waals surface area (Å²) in [5.41, 5.74) is 1.41. The minimum Gasteiger partial charge on any atom is -0.307 e. The fourth-order valence-corrected chi connectivity index (χ4v) is 2.79. The summed E-state index contributed by atoms with van der Waals surface area (Å²) < 4.78 is 0. The molecule has 1 heteroatoms. The number of nitrogens with one attached hydrogen (secondary N) is 1. The second-order valence-electron chi connectivity index (χ2n) is 5.08. The van der Waals surface area contributed by atoms with E-state index < -0.39 is 0 Å². The predicted molar refractivity (Wildman–Crippen MR) is 69.4 cm³/mol. The fraction of sp³-hybridized carbons (Fsp3) is 0.600. The second-order valence-corrected chi connectivity index (χ2v) is 5.08. The summed E-state index contributed by atoms with van der Waals surface area (Å²) in [5.74, 6) is 0.959. The number of benzene rings is 1. The van der Waals surface area contributed by atoms with Crippen LogP contribution in [0.25, 0.3) is 0 Å². The third-order valence-corrected chi connectivity index (χ3v) is 3.90. The highest BCUT2D eigenvalue weighted by atomic mass is 14.9. The monoisotopic (exact) mass is 217 g/mol. The van der Waals surface area contributed by atoms with Crippen LogP contribution in [-0.2, 0) is 0 Å². The van der Waals surface area contributed by atoms with Gasteiger partial charge in [0, 0.05) is 12.1 Å². The van der Waals surface area contributed by atoms with Crippen LogP contribution in [0, 0.1) is 5.92 Å². The van der Waals surface area contributed by atoms with Crippen LogP contribution < -0.4 is 5.32 Å². The zero-order chi connectivity index (χ0) is 11.4. The van der Waals surface area contributed by atoms with Gasteiger partial charge in [-0.2, -0.15) is 0 Å². The molecule has 1 aromatic carbocycles. The Kier molecular flexibility index (Phi) is 4.00. The van der Waals surface area contributed by atoms with E-state index in [1.807, 2.05) is 0 Å². The molecular formula is C15H23N. The molecule has 1 N–H and O–H groups in total. The van der Waals surface area contributed by atoms with E-state index in [9.17, 15) is 0 Å². The molecule has 0 amide bonds. The van der Waals surface area contributed by atoms with E-state index in [-0.39, 0.29) is 0 Å². The van der Waals surface area contributed by atoms with Crippen LogP contribution in [0.2, 0.25) is 0 Å². The molecular weight excluding hydrogens is 194 g/mol. The molecule has 0 saturated heterocycles. The highest BCUT2D eigenvalue weighted by Crippen LogP contribution is 2.29. The fourth-order valence-electron chi connectivity index (χ4n) is 2.79. The van der Waals surface area contributed by atoms with E-state index >= 15 is 0 Å². The summed E-state index contributed by atoms with van der Waals surface area (Å²) in [6.07, 6.45) is 5.48. The molecule has 0 heterocycles. The van der Waals surface area contributed by atoms with Gasteiger partial charge in [0.15, 0.2) is 0 Å². The molecule has 0 aromatic heterocycles. The molecule has 0 radical (unpaired) electrons. The lowest BCUT2D eigenvalue weighted by atomic mass is 10.0. The van der Waals surface area contributed by atoms with Crippen molar-refractivity contribution in [2.75, 3.05) is 0 Å². The average Bonchev–Trinajstić information content (AvgIpc) is 2.78. The van der Waals surface area contributed by atoms with Crippen molar-refractivity contribution in [2.24, 2.45) is 5.92 Å². The molecule has 1 aliphatic carbocycles. The van der Waals surface area contributed by atoms with Gasteiger partial charge in [0.1, 0.15) is 0 Å². The molecule has 1 nitrogen and oxygen atoms in total. The van der Waals surface area contributed by atoms with Crippen molar-refractivity contribution < 1.29 is 0 Å². The third-order valence-electron chi connectivity index (χ3n) is 3.90. The van der Waals surface area contributed by atoms with Gasteiger partial charge >= 0.3 is 0 Å². The van der Waals surface area contributed by atoms with Gasteiger partial charge in [-0.3, -0.25) is 0 Å². The van der Waals surface area contributed by atoms with Crippen molar-refractivity contribution >= 4 is 0 Å². The van der Waals surface area contributed by atoms with Crippen molar-refractivity contribution in [3.8, 4) is 0 Å². The first-order valence-corrected chi connectivity index (χ1v) is 6.60. The van der Waals surface area contributed by atoms with Crippen LogP contribution in [0.4, 0.5) is 0 Å². The van der Waals surface area contributed by atoms with E-state index in [4.69, 9.17) is 0 Å². The Morgan fingerprint density at radius 2 is 2.00 bits per heavy atom. The first-order chi connectivity index (χ1) is 7.79. The number of hydrogen-bond acceptors (Lipinski definition) is 1. The average molecular weight is 217 g/mol. The first kappa shape index (κ1) is 11.7. The zero-order valence-electron chi connectivity index (χ0n) is 10.4. The van der Waals surface area contributed by atoms with Crippen molar-refractivity contribution in [2.45, 2.75) is 51.6 Å². The quantitative estimate of drug-likeness (QED) is 0.806. The van der Waals surface area contributed by atoms with Gasteiger partial charge in [-0.1, -0.05) is 43.7 Å². The van der Waals surface area contributed by atoms with E-state index in [2.05, 4.69) is 49.5 Å². The SMILES string of the molecule is CCC1CCC(N[C@H](C)c2ccccc2)C1. The smallest absolute Gasteiger partial charge is 0.0294 e. The maximum atomic E-state index is 3.76. The lowest BCUT2D eigenvalue weighted by Crippen LogP contribution is -2.29. The summed E-state index contributed by atoms with van der Waals surface area (Å²) >= 11 is 0. The van der Waals surface area contributed by atoms with Gasteiger partial charge in [-0.15, -0.1) is 0 Å². The van der Waals surface area contributed by atoms with Gasteiger partial charge in [0.2, 0.25) is 0 Å². The van der Waals surface area contributed by atoms with Gasteiger partial charge in [-0.25, -0.2) is 0 Å². The summed E-state index contributed by atoms with van der Waals surface area (Å²) in [6.45, 7) is 4.59. The minimum atomic E-state index is 0.488. The Labute approximate surface area is 99.3 Å². The van der Waals surface area contributed by atoms with Crippen LogP contribution in [0.5, 0.6) is 0 Å². The topological polar surface area (TPSA) is 12.0 Å². The highest BCUT2D eigenvalue weighted by Gasteiger charge is 2.24. The normalized spacial score (nSPS) is 26.9. The van der Waals surface area contributed by atoms with Crippen molar-refractivity contribution in [3.63, 3.8) is 0 Å². The largest absolute Gasteiger partial charge is 0.307 e. The lowest BCUT2D eigenvalue weighted by Gasteiger charge is -2.20. The standard InChI is InChI=1S/C15H23N/c1-3-13-9-10-15(11-13)16-12(2)14-7-5-4-6-8-14/h4-8,12-13,15-16H,3,9-11H2,1-2H3/t12-,13?,15?/m1/s1. The molecule has 0 spiro atoms. The molecule has 3 atom stereocenters. The summed E-state index contributed by atoms with van der Waals surface area (Å²) in [7, 11) is 0. The maximum absolute atomic E-state index is 3.76. The highest BCUT2D eigenvalue weighted by molar-refractivity contribution is 5.18. The maximum Gasteiger partial charge on any atom is 0.0294 e. The molecule has 1 fully saturated rings. The van der Waals surface area contributed by atoms with Crippen LogP contribution in [0.3, 0.4) is 0 Å². The molecule has 0 bridgehead atoms. The molecule has 1 aliphatic rings. The predicted octanol–water partition coefficient (Wildman–Crippen LogP) is 3.92. The van der Waals surface area contributed by atoms with Crippen molar-refractivity contribution in [1.82, 2.24) is 5.32 Å². The first-order valence-electron chi connectivity index (χ1n) is 6.60. The van der Waals surface area contributed by atoms with Gasteiger partial charge < -0.3 is 5.32 Å². The van der Waals surface area contributed by atoms with Crippen LogP contribution in [0.1, 0.15) is 51.1 Å². The minimum absolute atomic E-state index is 0.488. The van der Waals surface area contributed by atoms with Crippen molar-refractivity contribution in [3.05, 3.63) is 35.9 Å². The number of hydrogen-bond donors (Lipinski definition) is 1. The van der Waals surface area contributed by atoms with E-state index in [0.717, 1.165) is 12.0 Å². The Morgan fingerprint density at radius 1 is 1.25 bits per heavy atom. The van der Waals surface area contributed by atoms with Crippen LogP contribution in [-0.4, -0.2) is 6.04 Å². The molecule has 88 valence electrons. The van der Waals surface area contributed by atoms with Gasteiger partial charge in [0.25, 0.3) is 0 Å². The summed E-state index contributed by atoms with van der Waals surface area (Å²) in [4.78, 5) is 0. The molecule has 2 rings (SSSR count). The summed E-state index contributed by atoms with van der Waals surface area (Å²) in [5, 5.41) is 3.76. The second kappa shape index (κ2) is 5.49. The van der Waals surface area contributed by atoms with Gasteiger partial charge in [-0.05, 0) is 37.7 Å². The lowest BCUT2D eigenvalue weighted by molar-refractivity contribution is 0.437. The third kappa shape index (κ3) is 2.85. The summed E-state index contributed by atoms with van der Waals surface area (Å²) in [6, 6.07) is 12.0. The molecule has 1 aromatic rings. The Hall–Kier alpha value is -0.820. The van der Waals surface area contributed by atoms with Crippen LogP contribution >= 0.6 is 0 Å². The van der Waals surface area contributed by atoms with E-state index in [0.29, 0.717) is 6.04 Å². The zero-order valence-corrected chi connectivity index (χ0v) is 10.4. The molecule has 2 unspecified atom stereocenters.